The van der Waals surface area contributed by atoms with E-state index >= 15 is 0 Å². The highest BCUT2D eigenvalue weighted by Crippen LogP contribution is 2.31. The van der Waals surface area contributed by atoms with E-state index in [0.717, 1.165) is 13.1 Å². The fourth-order valence-corrected chi connectivity index (χ4v) is 4.10. The van der Waals surface area contributed by atoms with Gasteiger partial charge in [0, 0.05) is 34.4 Å². The Hall–Kier alpha value is -0.380. The SMILES string of the molecule is CCC1(C)CN(C(C)c2cc(C)sc2C)CCCN1. The van der Waals surface area contributed by atoms with Crippen LogP contribution < -0.4 is 5.32 Å². The Morgan fingerprint density at radius 1 is 1.47 bits per heavy atom. The fourth-order valence-electron chi connectivity index (χ4n) is 3.08. The summed E-state index contributed by atoms with van der Waals surface area (Å²) in [7, 11) is 0. The number of nitrogens with one attached hydrogen (secondary N) is 1. The van der Waals surface area contributed by atoms with Crippen LogP contribution in [-0.4, -0.2) is 30.1 Å². The third-order valence-electron chi connectivity index (χ3n) is 4.58. The summed E-state index contributed by atoms with van der Waals surface area (Å²) < 4.78 is 0. The number of thiophene rings is 1. The second kappa shape index (κ2) is 5.94. The van der Waals surface area contributed by atoms with Gasteiger partial charge in [0.25, 0.3) is 0 Å². The smallest absolute Gasteiger partial charge is 0.0331 e. The van der Waals surface area contributed by atoms with E-state index in [2.05, 4.69) is 50.9 Å². The lowest BCUT2D eigenvalue weighted by atomic mass is 9.97. The van der Waals surface area contributed by atoms with E-state index in [1.165, 1.54) is 34.7 Å². The third-order valence-corrected chi connectivity index (χ3v) is 5.57. The van der Waals surface area contributed by atoms with Gasteiger partial charge in [0.2, 0.25) is 0 Å². The van der Waals surface area contributed by atoms with Gasteiger partial charge in [-0.1, -0.05) is 6.92 Å². The normalized spacial score (nSPS) is 27.2. The van der Waals surface area contributed by atoms with Crippen LogP contribution in [0.15, 0.2) is 6.07 Å². The molecule has 0 bridgehead atoms. The molecule has 0 amide bonds. The number of nitrogens with zero attached hydrogens (tertiary/aromatic N) is 1. The van der Waals surface area contributed by atoms with Gasteiger partial charge in [-0.3, -0.25) is 4.90 Å². The molecule has 1 aromatic rings. The van der Waals surface area contributed by atoms with Crippen molar-refractivity contribution in [2.45, 2.75) is 59.0 Å². The van der Waals surface area contributed by atoms with Gasteiger partial charge in [-0.25, -0.2) is 0 Å². The quantitative estimate of drug-likeness (QED) is 0.903. The van der Waals surface area contributed by atoms with Gasteiger partial charge in [0.1, 0.15) is 0 Å². The molecule has 0 spiro atoms. The maximum atomic E-state index is 3.72. The molecule has 1 aromatic heterocycles. The molecule has 1 saturated heterocycles. The van der Waals surface area contributed by atoms with Gasteiger partial charge in [0.05, 0.1) is 0 Å². The van der Waals surface area contributed by atoms with E-state index in [-0.39, 0.29) is 5.54 Å². The molecular weight excluding hydrogens is 252 g/mol. The van der Waals surface area contributed by atoms with E-state index < -0.39 is 0 Å². The number of aryl methyl sites for hydroxylation is 2. The Kier molecular flexibility index (Phi) is 4.70. The van der Waals surface area contributed by atoms with E-state index in [4.69, 9.17) is 0 Å². The molecule has 2 atom stereocenters. The Balaban J connectivity index is 2.17. The van der Waals surface area contributed by atoms with E-state index in [0.29, 0.717) is 6.04 Å². The molecule has 0 radical (unpaired) electrons. The average molecular weight is 280 g/mol. The first-order valence-electron chi connectivity index (χ1n) is 7.51. The number of hydrogen-bond acceptors (Lipinski definition) is 3. The van der Waals surface area contributed by atoms with Crippen molar-refractivity contribution in [3.05, 3.63) is 21.4 Å². The summed E-state index contributed by atoms with van der Waals surface area (Å²) in [5, 5.41) is 3.72. The molecule has 108 valence electrons. The summed E-state index contributed by atoms with van der Waals surface area (Å²) in [5.41, 5.74) is 1.80. The van der Waals surface area contributed by atoms with Gasteiger partial charge < -0.3 is 5.32 Å². The Morgan fingerprint density at radius 2 is 2.21 bits per heavy atom. The summed E-state index contributed by atoms with van der Waals surface area (Å²) in [5.74, 6) is 0. The van der Waals surface area contributed by atoms with Crippen LogP contribution in [0, 0.1) is 13.8 Å². The molecule has 0 aromatic carbocycles. The second-order valence-corrected chi connectivity index (χ2v) is 7.67. The van der Waals surface area contributed by atoms with Crippen molar-refractivity contribution in [1.82, 2.24) is 10.2 Å². The molecule has 1 fully saturated rings. The van der Waals surface area contributed by atoms with Crippen molar-refractivity contribution in [1.29, 1.82) is 0 Å². The summed E-state index contributed by atoms with van der Waals surface area (Å²) in [6.45, 7) is 15.0. The summed E-state index contributed by atoms with van der Waals surface area (Å²) in [4.78, 5) is 5.59. The number of hydrogen-bond donors (Lipinski definition) is 1. The van der Waals surface area contributed by atoms with Crippen molar-refractivity contribution >= 4 is 11.3 Å². The van der Waals surface area contributed by atoms with E-state index in [1.807, 2.05) is 11.3 Å². The molecule has 1 aliphatic rings. The standard InChI is InChI=1S/C16H28N2S/c1-6-16(5)11-18(9-7-8-17-16)13(3)15-10-12(2)19-14(15)4/h10,13,17H,6-9,11H2,1-5H3. The van der Waals surface area contributed by atoms with Gasteiger partial charge in [-0.05, 0) is 58.7 Å². The zero-order chi connectivity index (χ0) is 14.0. The average Bonchev–Trinajstić information content (AvgIpc) is 2.60. The molecule has 19 heavy (non-hydrogen) atoms. The summed E-state index contributed by atoms with van der Waals surface area (Å²) >= 11 is 1.93. The lowest BCUT2D eigenvalue weighted by Crippen LogP contribution is -2.48. The van der Waals surface area contributed by atoms with E-state index in [1.54, 1.807) is 0 Å². The third kappa shape index (κ3) is 3.39. The summed E-state index contributed by atoms with van der Waals surface area (Å²) in [6, 6.07) is 2.92. The lowest BCUT2D eigenvalue weighted by molar-refractivity contribution is 0.169. The molecule has 1 aliphatic heterocycles. The Labute approximate surface area is 122 Å². The molecule has 2 heterocycles. The first kappa shape index (κ1) is 15.0. The van der Waals surface area contributed by atoms with Crippen LogP contribution in [0.3, 0.4) is 0 Å². The minimum absolute atomic E-state index is 0.268. The van der Waals surface area contributed by atoms with Gasteiger partial charge >= 0.3 is 0 Å². The predicted octanol–water partition coefficient (Wildman–Crippen LogP) is 3.89. The molecule has 2 rings (SSSR count). The van der Waals surface area contributed by atoms with Crippen LogP contribution in [0.2, 0.25) is 0 Å². The summed E-state index contributed by atoms with van der Waals surface area (Å²) in [6.07, 6.45) is 2.44. The highest BCUT2D eigenvalue weighted by Gasteiger charge is 2.30. The minimum Gasteiger partial charge on any atom is -0.310 e. The molecule has 1 N–H and O–H groups in total. The minimum atomic E-state index is 0.268. The van der Waals surface area contributed by atoms with Crippen LogP contribution in [0.5, 0.6) is 0 Å². The number of rotatable bonds is 3. The molecule has 0 aliphatic carbocycles. The van der Waals surface area contributed by atoms with Crippen molar-refractivity contribution in [2.24, 2.45) is 0 Å². The predicted molar refractivity (Wildman–Crippen MR) is 85.1 cm³/mol. The highest BCUT2D eigenvalue weighted by molar-refractivity contribution is 7.12. The Bertz CT molecular complexity index is 426. The fraction of sp³-hybridized carbons (Fsp3) is 0.750. The van der Waals surface area contributed by atoms with Crippen molar-refractivity contribution in [2.75, 3.05) is 19.6 Å². The van der Waals surface area contributed by atoms with Crippen LogP contribution in [0.25, 0.3) is 0 Å². The van der Waals surface area contributed by atoms with Crippen LogP contribution in [0.4, 0.5) is 0 Å². The van der Waals surface area contributed by atoms with E-state index in [9.17, 15) is 0 Å². The zero-order valence-electron chi connectivity index (χ0n) is 13.0. The van der Waals surface area contributed by atoms with Crippen LogP contribution >= 0.6 is 11.3 Å². The Morgan fingerprint density at radius 3 is 2.79 bits per heavy atom. The van der Waals surface area contributed by atoms with Crippen molar-refractivity contribution < 1.29 is 0 Å². The monoisotopic (exact) mass is 280 g/mol. The first-order valence-corrected chi connectivity index (χ1v) is 8.33. The maximum Gasteiger partial charge on any atom is 0.0331 e. The van der Waals surface area contributed by atoms with Crippen LogP contribution in [0.1, 0.15) is 55.0 Å². The molecular formula is C16H28N2S. The highest BCUT2D eigenvalue weighted by atomic mass is 32.1. The van der Waals surface area contributed by atoms with Gasteiger partial charge in [-0.15, -0.1) is 11.3 Å². The van der Waals surface area contributed by atoms with Gasteiger partial charge in [-0.2, -0.15) is 0 Å². The molecule has 0 saturated carbocycles. The molecule has 2 unspecified atom stereocenters. The lowest BCUT2D eigenvalue weighted by Gasteiger charge is -2.36. The molecule has 3 heteroatoms. The maximum absolute atomic E-state index is 3.72. The molecule has 2 nitrogen and oxygen atoms in total. The zero-order valence-corrected chi connectivity index (χ0v) is 13.9. The topological polar surface area (TPSA) is 15.3 Å². The first-order chi connectivity index (χ1) is 8.95. The van der Waals surface area contributed by atoms with Crippen molar-refractivity contribution in [3.8, 4) is 0 Å². The van der Waals surface area contributed by atoms with Gasteiger partial charge in [0.15, 0.2) is 0 Å². The van der Waals surface area contributed by atoms with Crippen molar-refractivity contribution in [3.63, 3.8) is 0 Å². The second-order valence-electron chi connectivity index (χ2n) is 6.21. The van der Waals surface area contributed by atoms with Crippen LogP contribution in [-0.2, 0) is 0 Å². The largest absolute Gasteiger partial charge is 0.310 e.